The highest BCUT2D eigenvalue weighted by Gasteiger charge is 2.24. The van der Waals surface area contributed by atoms with Gasteiger partial charge in [0.1, 0.15) is 5.75 Å². The molecule has 1 aromatic rings. The fourth-order valence-electron chi connectivity index (χ4n) is 3.19. The summed E-state index contributed by atoms with van der Waals surface area (Å²) >= 11 is 0. The average Bonchev–Trinajstić information content (AvgIpc) is 2.59. The van der Waals surface area contributed by atoms with E-state index in [0.717, 1.165) is 38.2 Å². The van der Waals surface area contributed by atoms with Crippen molar-refractivity contribution < 1.29 is 9.53 Å². The van der Waals surface area contributed by atoms with Crippen LogP contribution in [-0.2, 0) is 11.3 Å². The maximum absolute atomic E-state index is 12.0. The molecule has 4 nitrogen and oxygen atoms in total. The molecule has 0 radical (unpaired) electrons. The zero-order chi connectivity index (χ0) is 17.7. The molecule has 1 fully saturated rings. The molecular formula is C20H32N2O2. The number of carbonyl (C=O) groups excluding carboxylic acids is 1. The van der Waals surface area contributed by atoms with E-state index in [4.69, 9.17) is 4.74 Å². The lowest BCUT2D eigenvalue weighted by Gasteiger charge is -2.33. The molecule has 0 atom stereocenters. The van der Waals surface area contributed by atoms with E-state index in [0.29, 0.717) is 12.0 Å². The Bertz CT molecular complexity index is 547. The van der Waals surface area contributed by atoms with Crippen LogP contribution in [0, 0.1) is 5.92 Å². The van der Waals surface area contributed by atoms with Crippen LogP contribution >= 0.6 is 0 Å². The summed E-state index contributed by atoms with van der Waals surface area (Å²) in [6.07, 6.45) is 2.04. The number of likely N-dealkylation sites (tertiary alicyclic amines) is 1. The maximum Gasteiger partial charge on any atom is 0.225 e. The Balaban J connectivity index is 1.87. The minimum Gasteiger partial charge on any atom is -0.496 e. The summed E-state index contributed by atoms with van der Waals surface area (Å²) in [4.78, 5) is 14.0. The van der Waals surface area contributed by atoms with E-state index >= 15 is 0 Å². The first-order chi connectivity index (χ1) is 11.4. The second-order valence-electron chi connectivity index (χ2n) is 7.36. The van der Waals surface area contributed by atoms with Gasteiger partial charge in [-0.3, -0.25) is 4.79 Å². The van der Waals surface area contributed by atoms with Crippen molar-refractivity contribution in [2.45, 2.75) is 59.0 Å². The second kappa shape index (κ2) is 8.52. The van der Waals surface area contributed by atoms with Crippen molar-refractivity contribution in [3.05, 3.63) is 29.3 Å². The van der Waals surface area contributed by atoms with Crippen LogP contribution in [0.4, 0.5) is 0 Å². The van der Waals surface area contributed by atoms with E-state index in [2.05, 4.69) is 37.4 Å². The van der Waals surface area contributed by atoms with Gasteiger partial charge in [-0.25, -0.2) is 0 Å². The molecule has 1 aliphatic heterocycles. The molecule has 1 amide bonds. The lowest BCUT2D eigenvalue weighted by Crippen LogP contribution is -2.46. The Kier molecular flexibility index (Phi) is 6.67. The third-order valence-electron chi connectivity index (χ3n) is 4.86. The van der Waals surface area contributed by atoms with Gasteiger partial charge in [0.25, 0.3) is 0 Å². The Morgan fingerprint density at radius 3 is 2.46 bits per heavy atom. The molecule has 1 aromatic carbocycles. The van der Waals surface area contributed by atoms with Gasteiger partial charge in [-0.1, -0.05) is 39.8 Å². The van der Waals surface area contributed by atoms with Gasteiger partial charge in [-0.2, -0.15) is 0 Å². The van der Waals surface area contributed by atoms with E-state index in [1.54, 1.807) is 7.11 Å². The van der Waals surface area contributed by atoms with Crippen LogP contribution in [0.1, 0.15) is 57.6 Å². The van der Waals surface area contributed by atoms with Crippen molar-refractivity contribution in [1.29, 1.82) is 0 Å². The van der Waals surface area contributed by atoms with E-state index in [1.165, 1.54) is 11.1 Å². The second-order valence-corrected chi connectivity index (χ2v) is 7.36. The van der Waals surface area contributed by atoms with Crippen molar-refractivity contribution in [3.63, 3.8) is 0 Å². The lowest BCUT2D eigenvalue weighted by molar-refractivity contribution is -0.135. The summed E-state index contributed by atoms with van der Waals surface area (Å²) in [5, 5.41) is 3.63. The molecule has 1 saturated heterocycles. The molecule has 134 valence electrons. The van der Waals surface area contributed by atoms with E-state index < -0.39 is 0 Å². The largest absolute Gasteiger partial charge is 0.496 e. The van der Waals surface area contributed by atoms with Crippen LogP contribution < -0.4 is 10.1 Å². The molecule has 2 rings (SSSR count). The number of carbonyl (C=O) groups is 1. The quantitative estimate of drug-likeness (QED) is 0.866. The number of rotatable bonds is 6. The summed E-state index contributed by atoms with van der Waals surface area (Å²) in [5.41, 5.74) is 2.50. The predicted octanol–water partition coefficient (Wildman–Crippen LogP) is 3.56. The van der Waals surface area contributed by atoms with Gasteiger partial charge in [0, 0.05) is 37.2 Å². The summed E-state index contributed by atoms with van der Waals surface area (Å²) in [6.45, 7) is 10.9. The van der Waals surface area contributed by atoms with E-state index in [-0.39, 0.29) is 11.8 Å². The predicted molar refractivity (Wildman–Crippen MR) is 98.4 cm³/mol. The third kappa shape index (κ3) is 4.73. The van der Waals surface area contributed by atoms with Crippen molar-refractivity contribution in [2.24, 2.45) is 5.92 Å². The first kappa shape index (κ1) is 18.8. The lowest BCUT2D eigenvalue weighted by atomic mass is 10.00. The molecule has 0 bridgehead atoms. The molecule has 24 heavy (non-hydrogen) atoms. The van der Waals surface area contributed by atoms with Gasteiger partial charge in [-0.15, -0.1) is 0 Å². The molecule has 0 unspecified atom stereocenters. The van der Waals surface area contributed by atoms with Crippen molar-refractivity contribution >= 4 is 5.91 Å². The molecule has 1 heterocycles. The molecule has 1 aliphatic rings. The van der Waals surface area contributed by atoms with Crippen LogP contribution in [0.15, 0.2) is 18.2 Å². The SMILES string of the molecule is COc1cc(C(C)C)ccc1CNC1CCN(C(=O)C(C)C)CC1. The number of nitrogens with one attached hydrogen (secondary N) is 1. The average molecular weight is 332 g/mol. The minimum absolute atomic E-state index is 0.0956. The number of benzene rings is 1. The van der Waals surface area contributed by atoms with Crippen molar-refractivity contribution in [2.75, 3.05) is 20.2 Å². The van der Waals surface area contributed by atoms with Gasteiger partial charge in [0.15, 0.2) is 0 Å². The Labute approximate surface area is 146 Å². The van der Waals surface area contributed by atoms with Crippen LogP contribution in [0.2, 0.25) is 0 Å². The normalized spacial score (nSPS) is 16.0. The van der Waals surface area contributed by atoms with E-state index in [9.17, 15) is 4.79 Å². The number of piperidine rings is 1. The summed E-state index contributed by atoms with van der Waals surface area (Å²) < 4.78 is 5.56. The van der Waals surface area contributed by atoms with Gasteiger partial charge >= 0.3 is 0 Å². The fourth-order valence-corrected chi connectivity index (χ4v) is 3.19. The fraction of sp³-hybridized carbons (Fsp3) is 0.650. The summed E-state index contributed by atoms with van der Waals surface area (Å²) in [6, 6.07) is 6.97. The number of ether oxygens (including phenoxy) is 1. The van der Waals surface area contributed by atoms with Crippen LogP contribution in [0.25, 0.3) is 0 Å². The monoisotopic (exact) mass is 332 g/mol. The minimum atomic E-state index is 0.0956. The highest BCUT2D eigenvalue weighted by Crippen LogP contribution is 2.25. The molecule has 1 N–H and O–H groups in total. The molecular weight excluding hydrogens is 300 g/mol. The van der Waals surface area contributed by atoms with Gasteiger partial charge in [0.05, 0.1) is 7.11 Å². The van der Waals surface area contributed by atoms with Crippen LogP contribution in [0.5, 0.6) is 5.75 Å². The zero-order valence-corrected chi connectivity index (χ0v) is 15.8. The Hall–Kier alpha value is -1.55. The molecule has 0 spiro atoms. The zero-order valence-electron chi connectivity index (χ0n) is 15.8. The van der Waals surface area contributed by atoms with E-state index in [1.807, 2.05) is 18.7 Å². The third-order valence-corrected chi connectivity index (χ3v) is 4.86. The highest BCUT2D eigenvalue weighted by molar-refractivity contribution is 5.78. The maximum atomic E-state index is 12.0. The number of hydrogen-bond donors (Lipinski definition) is 1. The van der Waals surface area contributed by atoms with Crippen molar-refractivity contribution in [3.8, 4) is 5.75 Å². The number of nitrogens with zero attached hydrogens (tertiary/aromatic N) is 1. The molecule has 0 aromatic heterocycles. The molecule has 4 heteroatoms. The van der Waals surface area contributed by atoms with Crippen LogP contribution in [-0.4, -0.2) is 37.0 Å². The molecule has 0 aliphatic carbocycles. The van der Waals surface area contributed by atoms with Crippen molar-refractivity contribution in [1.82, 2.24) is 10.2 Å². The number of methoxy groups -OCH3 is 1. The topological polar surface area (TPSA) is 41.6 Å². The van der Waals surface area contributed by atoms with Crippen LogP contribution in [0.3, 0.4) is 0 Å². The standard InChI is InChI=1S/C20H32N2O2/c1-14(2)16-6-7-17(19(12-16)24-5)13-21-18-8-10-22(11-9-18)20(23)15(3)4/h6-7,12,14-15,18,21H,8-11,13H2,1-5H3. The summed E-state index contributed by atoms with van der Waals surface area (Å²) in [5.74, 6) is 1.84. The number of hydrogen-bond acceptors (Lipinski definition) is 3. The molecule has 0 saturated carbocycles. The smallest absolute Gasteiger partial charge is 0.225 e. The summed E-state index contributed by atoms with van der Waals surface area (Å²) in [7, 11) is 1.74. The first-order valence-electron chi connectivity index (χ1n) is 9.11. The first-order valence-corrected chi connectivity index (χ1v) is 9.11. The Morgan fingerprint density at radius 2 is 1.92 bits per heavy atom. The Morgan fingerprint density at radius 1 is 1.25 bits per heavy atom. The highest BCUT2D eigenvalue weighted by atomic mass is 16.5. The van der Waals surface area contributed by atoms with Gasteiger partial charge < -0.3 is 15.0 Å². The van der Waals surface area contributed by atoms with Gasteiger partial charge in [0.2, 0.25) is 5.91 Å². The number of amides is 1. The van der Waals surface area contributed by atoms with Gasteiger partial charge in [-0.05, 0) is 30.4 Å².